The molecule has 0 unspecified atom stereocenters. The highest BCUT2D eigenvalue weighted by Crippen LogP contribution is 2.22. The van der Waals surface area contributed by atoms with E-state index in [2.05, 4.69) is 19.9 Å². The van der Waals surface area contributed by atoms with Gasteiger partial charge in [0.2, 0.25) is 0 Å². The van der Waals surface area contributed by atoms with E-state index in [1.807, 2.05) is 24.0 Å². The zero-order chi connectivity index (χ0) is 15.5. The molecular weight excluding hydrogens is 305 g/mol. The van der Waals surface area contributed by atoms with E-state index in [9.17, 15) is 4.39 Å². The number of aryl methyl sites for hydroxylation is 1. The van der Waals surface area contributed by atoms with Gasteiger partial charge in [0.15, 0.2) is 11.6 Å². The van der Waals surface area contributed by atoms with E-state index in [1.54, 1.807) is 6.20 Å². The summed E-state index contributed by atoms with van der Waals surface area (Å²) in [5.74, 6) is 0.986. The monoisotopic (exact) mass is 321 g/mol. The summed E-state index contributed by atoms with van der Waals surface area (Å²) >= 11 is 5.85. The highest BCUT2D eigenvalue weighted by molar-refractivity contribution is 6.30. The molecule has 2 aromatic heterocycles. The van der Waals surface area contributed by atoms with Crippen LogP contribution < -0.4 is 9.80 Å². The van der Waals surface area contributed by atoms with Crippen LogP contribution in [0.25, 0.3) is 0 Å². The Balaban J connectivity index is 1.70. The minimum absolute atomic E-state index is 0.303. The minimum Gasteiger partial charge on any atom is -0.353 e. The Labute approximate surface area is 133 Å². The number of halogens is 2. The Kier molecular flexibility index (Phi) is 4.38. The van der Waals surface area contributed by atoms with Crippen LogP contribution in [0.4, 0.5) is 16.0 Å². The van der Waals surface area contributed by atoms with Crippen LogP contribution in [-0.4, -0.2) is 41.1 Å². The van der Waals surface area contributed by atoms with Gasteiger partial charge in [-0.2, -0.15) is 0 Å². The largest absolute Gasteiger partial charge is 0.353 e. The molecule has 2 aromatic rings. The van der Waals surface area contributed by atoms with Crippen molar-refractivity contribution in [2.24, 2.45) is 0 Å². The van der Waals surface area contributed by atoms with Crippen molar-refractivity contribution in [1.82, 2.24) is 15.0 Å². The maximum atomic E-state index is 14.3. The molecule has 1 fully saturated rings. The van der Waals surface area contributed by atoms with Crippen LogP contribution in [0.15, 0.2) is 24.7 Å². The van der Waals surface area contributed by atoms with Crippen molar-refractivity contribution in [3.05, 3.63) is 41.2 Å². The number of aromatic nitrogens is 3. The number of anilines is 2. The van der Waals surface area contributed by atoms with E-state index < -0.39 is 0 Å². The van der Waals surface area contributed by atoms with E-state index in [1.165, 1.54) is 6.33 Å². The summed E-state index contributed by atoms with van der Waals surface area (Å²) in [7, 11) is 0. The molecule has 0 saturated carbocycles. The lowest BCUT2D eigenvalue weighted by molar-refractivity contribution is 0.568. The molecule has 3 rings (SSSR count). The lowest BCUT2D eigenvalue weighted by Gasteiger charge is -2.36. The number of rotatable bonds is 3. The fourth-order valence-corrected chi connectivity index (χ4v) is 2.68. The lowest BCUT2D eigenvalue weighted by Crippen LogP contribution is -2.47. The first-order valence-electron chi connectivity index (χ1n) is 7.30. The van der Waals surface area contributed by atoms with Gasteiger partial charge in [0, 0.05) is 32.4 Å². The lowest BCUT2D eigenvalue weighted by atomic mass is 10.2. The summed E-state index contributed by atoms with van der Waals surface area (Å²) in [6.45, 7) is 4.81. The molecule has 3 heterocycles. The summed E-state index contributed by atoms with van der Waals surface area (Å²) in [5.41, 5.74) is 0.465. The van der Waals surface area contributed by atoms with Gasteiger partial charge in [0.1, 0.15) is 12.1 Å². The molecule has 1 aliphatic rings. The van der Waals surface area contributed by atoms with Gasteiger partial charge in [-0.3, -0.25) is 0 Å². The molecular formula is C15H17ClFN5. The Hall–Kier alpha value is -1.95. The summed E-state index contributed by atoms with van der Waals surface area (Å²) in [4.78, 5) is 16.5. The maximum Gasteiger partial charge on any atom is 0.187 e. The SMILES string of the molecule is CCc1ncnc(N2CCN(c3ccc(Cl)cn3)CC2)c1F. The molecule has 116 valence electrons. The van der Waals surface area contributed by atoms with Crippen LogP contribution in [0.5, 0.6) is 0 Å². The molecule has 0 amide bonds. The van der Waals surface area contributed by atoms with Crippen LogP contribution in [0.1, 0.15) is 12.6 Å². The molecule has 0 bridgehead atoms. The van der Waals surface area contributed by atoms with Crippen molar-refractivity contribution in [2.75, 3.05) is 36.0 Å². The van der Waals surface area contributed by atoms with E-state index in [-0.39, 0.29) is 5.82 Å². The van der Waals surface area contributed by atoms with Gasteiger partial charge in [-0.1, -0.05) is 18.5 Å². The number of pyridine rings is 1. The number of piperazine rings is 1. The second kappa shape index (κ2) is 6.44. The van der Waals surface area contributed by atoms with Gasteiger partial charge in [-0.25, -0.2) is 19.3 Å². The normalized spacial score (nSPS) is 15.2. The molecule has 0 radical (unpaired) electrons. The third-order valence-corrected chi connectivity index (χ3v) is 4.02. The van der Waals surface area contributed by atoms with Gasteiger partial charge in [-0.05, 0) is 18.6 Å². The van der Waals surface area contributed by atoms with Crippen molar-refractivity contribution >= 4 is 23.2 Å². The Morgan fingerprint density at radius 1 is 1.09 bits per heavy atom. The van der Waals surface area contributed by atoms with Crippen molar-refractivity contribution in [2.45, 2.75) is 13.3 Å². The quantitative estimate of drug-likeness (QED) is 0.869. The summed E-state index contributed by atoms with van der Waals surface area (Å²) < 4.78 is 14.3. The zero-order valence-electron chi connectivity index (χ0n) is 12.3. The highest BCUT2D eigenvalue weighted by atomic mass is 35.5. The molecule has 1 saturated heterocycles. The van der Waals surface area contributed by atoms with Gasteiger partial charge in [0.25, 0.3) is 0 Å². The van der Waals surface area contributed by atoms with Crippen LogP contribution >= 0.6 is 11.6 Å². The Morgan fingerprint density at radius 3 is 2.45 bits per heavy atom. The first kappa shape index (κ1) is 15.0. The van der Waals surface area contributed by atoms with Crippen molar-refractivity contribution in [3.8, 4) is 0 Å². The third kappa shape index (κ3) is 2.97. The molecule has 1 aliphatic heterocycles. The van der Waals surface area contributed by atoms with E-state index in [4.69, 9.17) is 11.6 Å². The smallest absolute Gasteiger partial charge is 0.187 e. The molecule has 0 atom stereocenters. The van der Waals surface area contributed by atoms with Gasteiger partial charge in [-0.15, -0.1) is 0 Å². The topological polar surface area (TPSA) is 45.2 Å². The Bertz CT molecular complexity index is 641. The maximum absolute atomic E-state index is 14.3. The van der Waals surface area contributed by atoms with Gasteiger partial charge >= 0.3 is 0 Å². The second-order valence-corrected chi connectivity index (χ2v) is 5.56. The molecule has 0 spiro atoms. The van der Waals surface area contributed by atoms with Crippen molar-refractivity contribution < 1.29 is 4.39 Å². The predicted octanol–water partition coefficient (Wildman–Crippen LogP) is 2.55. The van der Waals surface area contributed by atoms with E-state index in [0.29, 0.717) is 36.0 Å². The summed E-state index contributed by atoms with van der Waals surface area (Å²) in [6, 6.07) is 3.73. The highest BCUT2D eigenvalue weighted by Gasteiger charge is 2.22. The van der Waals surface area contributed by atoms with Crippen LogP contribution in [0, 0.1) is 5.82 Å². The standard InChI is InChI=1S/C15H17ClFN5/c1-2-12-14(17)15(20-10-19-12)22-7-5-21(6-8-22)13-4-3-11(16)9-18-13/h3-4,9-10H,2,5-8H2,1H3. The molecule has 0 N–H and O–H groups in total. The average molecular weight is 322 g/mol. The van der Waals surface area contributed by atoms with Gasteiger partial charge in [0.05, 0.1) is 10.7 Å². The van der Waals surface area contributed by atoms with Crippen molar-refractivity contribution in [3.63, 3.8) is 0 Å². The van der Waals surface area contributed by atoms with Gasteiger partial charge < -0.3 is 9.80 Å². The number of nitrogens with zero attached hydrogens (tertiary/aromatic N) is 5. The van der Waals surface area contributed by atoms with Crippen LogP contribution in [-0.2, 0) is 6.42 Å². The number of hydrogen-bond donors (Lipinski definition) is 0. The van der Waals surface area contributed by atoms with Crippen LogP contribution in [0.2, 0.25) is 5.02 Å². The third-order valence-electron chi connectivity index (χ3n) is 3.79. The summed E-state index contributed by atoms with van der Waals surface area (Å²) in [6.07, 6.45) is 3.64. The zero-order valence-corrected chi connectivity index (χ0v) is 13.1. The fraction of sp³-hybridized carbons (Fsp3) is 0.400. The average Bonchev–Trinajstić information content (AvgIpc) is 2.56. The first-order valence-corrected chi connectivity index (χ1v) is 7.67. The first-order chi connectivity index (χ1) is 10.7. The fourth-order valence-electron chi connectivity index (χ4n) is 2.57. The number of hydrogen-bond acceptors (Lipinski definition) is 5. The van der Waals surface area contributed by atoms with E-state index >= 15 is 0 Å². The van der Waals surface area contributed by atoms with E-state index in [0.717, 1.165) is 18.9 Å². The second-order valence-electron chi connectivity index (χ2n) is 5.12. The molecule has 22 heavy (non-hydrogen) atoms. The van der Waals surface area contributed by atoms with Crippen molar-refractivity contribution in [1.29, 1.82) is 0 Å². The molecule has 0 aromatic carbocycles. The molecule has 7 heteroatoms. The molecule has 0 aliphatic carbocycles. The minimum atomic E-state index is -0.303. The van der Waals surface area contributed by atoms with Crippen LogP contribution in [0.3, 0.4) is 0 Å². The summed E-state index contributed by atoms with van der Waals surface area (Å²) in [5, 5.41) is 0.623. The molecule has 5 nitrogen and oxygen atoms in total. The predicted molar refractivity (Wildman–Crippen MR) is 85.0 cm³/mol. The Morgan fingerprint density at radius 2 is 1.82 bits per heavy atom.